The first-order valence-corrected chi connectivity index (χ1v) is 10.5. The zero-order chi connectivity index (χ0) is 19.4. The van der Waals surface area contributed by atoms with E-state index < -0.39 is 16.0 Å². The highest BCUT2D eigenvalue weighted by atomic mass is 32.2. The van der Waals surface area contributed by atoms with Crippen molar-refractivity contribution >= 4 is 27.5 Å². The highest BCUT2D eigenvalue weighted by molar-refractivity contribution is 7.92. The van der Waals surface area contributed by atoms with Gasteiger partial charge in [-0.2, -0.15) is 0 Å². The van der Waals surface area contributed by atoms with Gasteiger partial charge in [0.2, 0.25) is 10.0 Å². The molecule has 2 aromatic carbocycles. The van der Waals surface area contributed by atoms with E-state index in [1.807, 2.05) is 30.3 Å². The van der Waals surface area contributed by atoms with Crippen molar-refractivity contribution in [3.63, 3.8) is 0 Å². The van der Waals surface area contributed by atoms with Crippen molar-refractivity contribution < 1.29 is 22.7 Å². The summed E-state index contributed by atoms with van der Waals surface area (Å²) >= 11 is 0. The van der Waals surface area contributed by atoms with Gasteiger partial charge in [-0.3, -0.25) is 13.9 Å². The van der Waals surface area contributed by atoms with Gasteiger partial charge in [0, 0.05) is 18.5 Å². The number of hydrogen-bond acceptors (Lipinski definition) is 5. The Morgan fingerprint density at radius 3 is 2.56 bits per heavy atom. The van der Waals surface area contributed by atoms with Gasteiger partial charge < -0.3 is 4.74 Å². The Morgan fingerprint density at radius 2 is 1.85 bits per heavy atom. The summed E-state index contributed by atoms with van der Waals surface area (Å²) in [4.78, 5) is 24.1. The molecule has 0 amide bonds. The van der Waals surface area contributed by atoms with Crippen molar-refractivity contribution in [2.45, 2.75) is 19.3 Å². The molecule has 1 heterocycles. The fourth-order valence-electron chi connectivity index (χ4n) is 3.08. The molecule has 0 aromatic heterocycles. The van der Waals surface area contributed by atoms with E-state index in [4.69, 9.17) is 4.74 Å². The predicted molar refractivity (Wildman–Crippen MR) is 102 cm³/mol. The summed E-state index contributed by atoms with van der Waals surface area (Å²) in [5.74, 6) is -0.722. The molecule has 1 aliphatic heterocycles. The summed E-state index contributed by atoms with van der Waals surface area (Å²) in [6.45, 7) is 0.0580. The first-order chi connectivity index (χ1) is 12.8. The second-order valence-electron chi connectivity index (χ2n) is 6.50. The third-order valence-corrected chi connectivity index (χ3v) is 5.66. The number of anilines is 1. The van der Waals surface area contributed by atoms with Gasteiger partial charge >= 0.3 is 5.97 Å². The number of carbonyl (C=O) groups is 2. The van der Waals surface area contributed by atoms with E-state index >= 15 is 0 Å². The first kappa shape index (κ1) is 19.1. The van der Waals surface area contributed by atoms with Crippen molar-refractivity contribution in [3.05, 3.63) is 65.2 Å². The SMILES string of the molecule is CS(=O)(=O)N1CCc2cc(C(=O)COC(=O)CCc3ccccc3)ccc21. The molecule has 0 N–H and O–H groups in total. The van der Waals surface area contributed by atoms with Crippen LogP contribution in [0.4, 0.5) is 5.69 Å². The van der Waals surface area contributed by atoms with Gasteiger partial charge in [-0.15, -0.1) is 0 Å². The summed E-state index contributed by atoms with van der Waals surface area (Å²) in [7, 11) is -3.32. The van der Waals surface area contributed by atoms with E-state index in [-0.39, 0.29) is 18.8 Å². The molecule has 2 aromatic rings. The first-order valence-electron chi connectivity index (χ1n) is 8.68. The summed E-state index contributed by atoms with van der Waals surface area (Å²) in [6.07, 6.45) is 2.50. The van der Waals surface area contributed by atoms with Crippen LogP contribution in [0.15, 0.2) is 48.5 Å². The lowest BCUT2D eigenvalue weighted by Crippen LogP contribution is -2.27. The molecule has 27 heavy (non-hydrogen) atoms. The minimum Gasteiger partial charge on any atom is -0.457 e. The molecule has 0 radical (unpaired) electrons. The van der Waals surface area contributed by atoms with Crippen LogP contribution in [-0.4, -0.2) is 39.6 Å². The Balaban J connectivity index is 1.55. The number of Topliss-reactive ketones (excluding diaryl/α,β-unsaturated/α-hetero) is 1. The number of ketones is 1. The number of rotatable bonds is 7. The van der Waals surface area contributed by atoms with Gasteiger partial charge in [0.15, 0.2) is 12.4 Å². The van der Waals surface area contributed by atoms with E-state index in [0.717, 1.165) is 17.4 Å². The Hall–Kier alpha value is -2.67. The Kier molecular flexibility index (Phi) is 5.60. The lowest BCUT2D eigenvalue weighted by Gasteiger charge is -2.16. The third kappa shape index (κ3) is 4.74. The van der Waals surface area contributed by atoms with Gasteiger partial charge in [0.25, 0.3) is 0 Å². The second kappa shape index (κ2) is 7.92. The summed E-state index contributed by atoms with van der Waals surface area (Å²) in [5.41, 5.74) is 2.87. The van der Waals surface area contributed by atoms with E-state index in [0.29, 0.717) is 30.6 Å². The number of aryl methyl sites for hydroxylation is 1. The molecule has 0 saturated heterocycles. The minimum atomic E-state index is -3.32. The lowest BCUT2D eigenvalue weighted by molar-refractivity contribution is -0.142. The maximum atomic E-state index is 12.3. The van der Waals surface area contributed by atoms with E-state index in [2.05, 4.69) is 0 Å². The van der Waals surface area contributed by atoms with Crippen LogP contribution in [0.1, 0.15) is 27.9 Å². The van der Waals surface area contributed by atoms with Crippen molar-refractivity contribution in [2.24, 2.45) is 0 Å². The standard InChI is InChI=1S/C20H21NO5S/c1-27(24,25)21-12-11-16-13-17(8-9-18(16)21)19(22)14-26-20(23)10-7-15-5-3-2-4-6-15/h2-6,8-9,13H,7,10-12,14H2,1H3. The van der Waals surface area contributed by atoms with Gasteiger partial charge in [0.1, 0.15) is 0 Å². The maximum Gasteiger partial charge on any atom is 0.306 e. The number of nitrogens with zero attached hydrogens (tertiary/aromatic N) is 1. The number of esters is 1. The number of ether oxygens (including phenoxy) is 1. The highest BCUT2D eigenvalue weighted by Gasteiger charge is 2.26. The fourth-order valence-corrected chi connectivity index (χ4v) is 4.04. The third-order valence-electron chi connectivity index (χ3n) is 4.48. The van der Waals surface area contributed by atoms with E-state index in [1.165, 1.54) is 4.31 Å². The fraction of sp³-hybridized carbons (Fsp3) is 0.300. The molecular weight excluding hydrogens is 366 g/mol. The number of fused-ring (bicyclic) bond motifs is 1. The average molecular weight is 387 g/mol. The number of benzene rings is 2. The van der Waals surface area contributed by atoms with E-state index in [1.54, 1.807) is 18.2 Å². The van der Waals surface area contributed by atoms with Crippen LogP contribution >= 0.6 is 0 Å². The summed E-state index contributed by atoms with van der Waals surface area (Å²) in [5, 5.41) is 0. The average Bonchev–Trinajstić information content (AvgIpc) is 3.09. The van der Waals surface area contributed by atoms with Crippen LogP contribution in [-0.2, 0) is 32.4 Å². The second-order valence-corrected chi connectivity index (χ2v) is 8.40. The van der Waals surface area contributed by atoms with Gasteiger partial charge in [0.05, 0.1) is 11.9 Å². The predicted octanol–water partition coefficient (Wildman–Crippen LogP) is 2.37. The molecule has 0 unspecified atom stereocenters. The van der Waals surface area contributed by atoms with Gasteiger partial charge in [-0.05, 0) is 42.2 Å². The topological polar surface area (TPSA) is 80.8 Å². The summed E-state index contributed by atoms with van der Waals surface area (Å²) in [6, 6.07) is 14.5. The van der Waals surface area contributed by atoms with Crippen LogP contribution in [0.25, 0.3) is 0 Å². The zero-order valence-corrected chi connectivity index (χ0v) is 15.9. The highest BCUT2D eigenvalue weighted by Crippen LogP contribution is 2.30. The molecule has 0 spiro atoms. The molecule has 0 atom stereocenters. The lowest BCUT2D eigenvalue weighted by atomic mass is 10.1. The molecule has 0 fully saturated rings. The normalized spacial score (nSPS) is 13.3. The number of sulfonamides is 1. The van der Waals surface area contributed by atoms with Gasteiger partial charge in [-0.25, -0.2) is 8.42 Å². The largest absolute Gasteiger partial charge is 0.457 e. The maximum absolute atomic E-state index is 12.3. The van der Waals surface area contributed by atoms with Crippen LogP contribution in [0.5, 0.6) is 0 Å². The van der Waals surface area contributed by atoms with Crippen LogP contribution < -0.4 is 4.31 Å². The van der Waals surface area contributed by atoms with Crippen molar-refractivity contribution in [3.8, 4) is 0 Å². The minimum absolute atomic E-state index is 0.213. The van der Waals surface area contributed by atoms with Crippen molar-refractivity contribution in [1.29, 1.82) is 0 Å². The quantitative estimate of drug-likeness (QED) is 0.538. The molecule has 1 aliphatic rings. The molecule has 6 nitrogen and oxygen atoms in total. The zero-order valence-electron chi connectivity index (χ0n) is 15.1. The smallest absolute Gasteiger partial charge is 0.306 e. The Morgan fingerprint density at radius 1 is 1.11 bits per heavy atom. The van der Waals surface area contributed by atoms with Crippen molar-refractivity contribution in [2.75, 3.05) is 23.7 Å². The molecule has 0 bridgehead atoms. The van der Waals surface area contributed by atoms with Crippen LogP contribution in [0.2, 0.25) is 0 Å². The van der Waals surface area contributed by atoms with Crippen molar-refractivity contribution in [1.82, 2.24) is 0 Å². The van der Waals surface area contributed by atoms with E-state index in [9.17, 15) is 18.0 Å². The molecule has 0 saturated carbocycles. The van der Waals surface area contributed by atoms with Crippen LogP contribution in [0, 0.1) is 0 Å². The number of hydrogen-bond donors (Lipinski definition) is 0. The van der Waals surface area contributed by atoms with Gasteiger partial charge in [-0.1, -0.05) is 30.3 Å². The Bertz CT molecular complexity index is 954. The monoisotopic (exact) mass is 387 g/mol. The molecular formula is C20H21NO5S. The Labute approximate surface area is 158 Å². The molecule has 7 heteroatoms. The number of carbonyl (C=O) groups excluding carboxylic acids is 2. The molecule has 142 valence electrons. The van der Waals surface area contributed by atoms with Crippen LogP contribution in [0.3, 0.4) is 0 Å². The summed E-state index contributed by atoms with van der Waals surface area (Å²) < 4.78 is 29.9. The molecule has 3 rings (SSSR count). The molecule has 0 aliphatic carbocycles.